The molecule has 202 valence electrons. The number of tetrazole rings is 1. The number of carboxylic acid groups (broad SMARTS) is 1. The minimum absolute atomic E-state index is 0.0199. The first-order valence-corrected chi connectivity index (χ1v) is 14.1. The van der Waals surface area contributed by atoms with Gasteiger partial charge in [-0.05, 0) is 17.4 Å². The van der Waals surface area contributed by atoms with E-state index < -0.39 is 34.6 Å². The second-order valence-corrected chi connectivity index (χ2v) is 11.0. The third kappa shape index (κ3) is 5.51. The molecule has 3 atom stereocenters. The molecule has 0 bridgehead atoms. The number of carbonyl (C=O) groups is 4. The lowest BCUT2D eigenvalue weighted by molar-refractivity contribution is -0.157. The van der Waals surface area contributed by atoms with Crippen molar-refractivity contribution in [1.82, 2.24) is 35.4 Å². The lowest BCUT2D eigenvalue weighted by Gasteiger charge is -2.53. The van der Waals surface area contributed by atoms with E-state index >= 15 is 0 Å². The first kappa shape index (κ1) is 27.5. The Kier molecular flexibility index (Phi) is 8.62. The fourth-order valence-corrected chi connectivity index (χ4v) is 7.09. The predicted octanol–water partition coefficient (Wildman–Crippen LogP) is -0.112. The molecule has 2 aromatic heterocycles. The molecule has 2 aromatic rings. The van der Waals surface area contributed by atoms with E-state index in [9.17, 15) is 24.3 Å². The molecule has 3 N–H and O–H groups in total. The third-order valence-electron chi connectivity index (χ3n) is 5.59. The first-order chi connectivity index (χ1) is 18.3. The summed E-state index contributed by atoms with van der Waals surface area (Å²) in [5.74, 6) is -1.76. The standard InChI is InChI=1S/C20H23N9O6S3/c1-3-5-29-19(24-26-27-29)38-9-20(17(33)34)7-28-15(32)13(16(28)37-8-20)23-14(31)12(25-35-4-2)11-6-36-18(22-11)21-10-30/h3,6,10,13,16H,1,4-5,7-9H2,2H3,(H,23,31)(H,33,34)(H,21,22,30)/t13?,16-,20?/m1/s1. The van der Waals surface area contributed by atoms with Gasteiger partial charge in [-0.15, -0.1) is 34.8 Å². The summed E-state index contributed by atoms with van der Waals surface area (Å²) in [5, 5.41) is 32.2. The van der Waals surface area contributed by atoms with E-state index in [1.165, 1.54) is 38.5 Å². The summed E-state index contributed by atoms with van der Waals surface area (Å²) in [5.41, 5.74) is -1.21. The SMILES string of the molecule is C=CCn1nnnc1SCC1(C(=O)O)CS[C@@H]2C(NC(=O)C(=NOCC)c3csc(NC=O)n3)C(=O)N2C1. The number of nitrogens with one attached hydrogen (secondary N) is 2. The van der Waals surface area contributed by atoms with Crippen LogP contribution in [0.4, 0.5) is 5.13 Å². The van der Waals surface area contributed by atoms with Crippen LogP contribution in [0.15, 0.2) is 28.3 Å². The van der Waals surface area contributed by atoms with Crippen molar-refractivity contribution in [1.29, 1.82) is 0 Å². The Bertz CT molecular complexity index is 1270. The number of rotatable bonds is 13. The highest BCUT2D eigenvalue weighted by Gasteiger charge is 2.57. The van der Waals surface area contributed by atoms with Gasteiger partial charge in [0.25, 0.3) is 5.91 Å². The van der Waals surface area contributed by atoms with Crippen molar-refractivity contribution in [2.75, 3.05) is 30.0 Å². The van der Waals surface area contributed by atoms with Gasteiger partial charge < -0.3 is 25.5 Å². The van der Waals surface area contributed by atoms with E-state index in [0.717, 1.165) is 11.3 Å². The number of thioether (sulfide) groups is 2. The average molecular weight is 582 g/mol. The monoisotopic (exact) mass is 581 g/mol. The Balaban J connectivity index is 1.43. The van der Waals surface area contributed by atoms with Crippen molar-refractivity contribution >= 4 is 69.9 Å². The Morgan fingerprint density at radius 1 is 1.47 bits per heavy atom. The number of hydrogen-bond donors (Lipinski definition) is 3. The van der Waals surface area contributed by atoms with Crippen LogP contribution >= 0.6 is 34.9 Å². The molecular weight excluding hydrogens is 558 g/mol. The molecule has 2 aliphatic rings. The number of amides is 3. The molecule has 0 saturated carbocycles. The van der Waals surface area contributed by atoms with Gasteiger partial charge in [0.1, 0.15) is 29.1 Å². The molecule has 0 aliphatic carbocycles. The maximum atomic E-state index is 13.0. The van der Waals surface area contributed by atoms with Gasteiger partial charge in [-0.3, -0.25) is 19.2 Å². The van der Waals surface area contributed by atoms with Gasteiger partial charge in [0, 0.05) is 23.4 Å². The Morgan fingerprint density at radius 3 is 3.00 bits per heavy atom. The van der Waals surface area contributed by atoms with Crippen molar-refractivity contribution in [2.45, 2.75) is 30.0 Å². The van der Waals surface area contributed by atoms with Crippen LogP contribution in [0.1, 0.15) is 12.6 Å². The van der Waals surface area contributed by atoms with E-state index in [1.54, 1.807) is 13.0 Å². The number of oxime groups is 1. The summed E-state index contributed by atoms with van der Waals surface area (Å²) in [4.78, 5) is 59.7. The summed E-state index contributed by atoms with van der Waals surface area (Å²) in [6, 6.07) is -0.870. The molecule has 0 spiro atoms. The highest BCUT2D eigenvalue weighted by Crippen LogP contribution is 2.44. The van der Waals surface area contributed by atoms with Crippen LogP contribution in [0.2, 0.25) is 0 Å². The lowest BCUT2D eigenvalue weighted by atomic mass is 9.89. The maximum Gasteiger partial charge on any atom is 0.313 e. The Hall–Kier alpha value is -3.51. The molecule has 2 aliphatic heterocycles. The molecule has 3 amide bonds. The lowest BCUT2D eigenvalue weighted by Crippen LogP contribution is -2.74. The summed E-state index contributed by atoms with van der Waals surface area (Å²) >= 11 is 3.57. The van der Waals surface area contributed by atoms with E-state index in [2.05, 4.69) is 42.9 Å². The minimum atomic E-state index is -1.23. The number of anilines is 1. The quantitative estimate of drug-likeness (QED) is 0.0710. The molecule has 0 aromatic carbocycles. The van der Waals surface area contributed by atoms with Crippen LogP contribution in [-0.2, 0) is 30.6 Å². The zero-order chi connectivity index (χ0) is 27.3. The van der Waals surface area contributed by atoms with Crippen LogP contribution in [0.25, 0.3) is 0 Å². The van der Waals surface area contributed by atoms with Gasteiger partial charge in [0.2, 0.25) is 17.5 Å². The van der Waals surface area contributed by atoms with Crippen LogP contribution < -0.4 is 10.6 Å². The molecule has 2 fully saturated rings. The van der Waals surface area contributed by atoms with Crippen molar-refractivity contribution < 1.29 is 29.1 Å². The molecular formula is C20H23N9O6S3. The second kappa shape index (κ2) is 11.9. The average Bonchev–Trinajstić information content (AvgIpc) is 3.56. The number of aliphatic carboxylic acids is 1. The fourth-order valence-electron chi connectivity index (χ4n) is 3.69. The number of aromatic nitrogens is 5. The third-order valence-corrected chi connectivity index (χ3v) is 9.20. The number of allylic oxidation sites excluding steroid dienone is 1. The highest BCUT2D eigenvalue weighted by atomic mass is 32.2. The van der Waals surface area contributed by atoms with E-state index in [-0.39, 0.29) is 41.2 Å². The van der Waals surface area contributed by atoms with Gasteiger partial charge in [0.05, 0.1) is 6.54 Å². The van der Waals surface area contributed by atoms with Gasteiger partial charge in [-0.1, -0.05) is 23.0 Å². The number of β-lactam (4-membered cyclic amide) rings is 1. The summed E-state index contributed by atoms with van der Waals surface area (Å²) in [6.45, 7) is 5.90. The molecule has 4 rings (SSSR count). The smallest absolute Gasteiger partial charge is 0.313 e. The Labute approximate surface area is 228 Å². The van der Waals surface area contributed by atoms with Crippen molar-refractivity contribution in [2.24, 2.45) is 10.6 Å². The van der Waals surface area contributed by atoms with Gasteiger partial charge in [0.15, 0.2) is 10.8 Å². The predicted molar refractivity (Wildman–Crippen MR) is 139 cm³/mol. The number of hydrogen-bond acceptors (Lipinski definition) is 13. The van der Waals surface area contributed by atoms with E-state index in [4.69, 9.17) is 4.84 Å². The molecule has 2 unspecified atom stereocenters. The zero-order valence-electron chi connectivity index (χ0n) is 20.0. The second-order valence-electron chi connectivity index (χ2n) is 8.08. The molecule has 15 nitrogen and oxygen atoms in total. The topological polar surface area (TPSA) is 194 Å². The molecule has 2 saturated heterocycles. The molecule has 4 heterocycles. The normalized spacial score (nSPS) is 22.7. The molecule has 38 heavy (non-hydrogen) atoms. The van der Waals surface area contributed by atoms with E-state index in [1.807, 2.05) is 0 Å². The summed E-state index contributed by atoms with van der Waals surface area (Å²) in [6.07, 6.45) is 2.09. The fraction of sp³-hybridized carbons (Fsp3) is 0.450. The number of carboxylic acids is 1. The van der Waals surface area contributed by atoms with Crippen molar-refractivity contribution in [3.8, 4) is 0 Å². The Morgan fingerprint density at radius 2 is 2.29 bits per heavy atom. The number of fused-ring (bicyclic) bond motifs is 1. The van der Waals surface area contributed by atoms with Crippen LogP contribution in [0.5, 0.6) is 0 Å². The molecule has 0 radical (unpaired) electrons. The first-order valence-electron chi connectivity index (χ1n) is 11.2. The van der Waals surface area contributed by atoms with Gasteiger partial charge >= 0.3 is 5.97 Å². The van der Waals surface area contributed by atoms with Crippen LogP contribution in [0, 0.1) is 5.41 Å². The van der Waals surface area contributed by atoms with Crippen LogP contribution in [-0.4, -0.2) is 101 Å². The number of carbonyl (C=O) groups excluding carboxylic acids is 3. The zero-order valence-corrected chi connectivity index (χ0v) is 22.4. The van der Waals surface area contributed by atoms with Gasteiger partial charge in [-0.2, -0.15) is 0 Å². The largest absolute Gasteiger partial charge is 0.481 e. The summed E-state index contributed by atoms with van der Waals surface area (Å²) < 4.78 is 1.51. The van der Waals surface area contributed by atoms with Crippen molar-refractivity contribution in [3.63, 3.8) is 0 Å². The summed E-state index contributed by atoms with van der Waals surface area (Å²) in [7, 11) is 0. The highest BCUT2D eigenvalue weighted by molar-refractivity contribution is 8.00. The van der Waals surface area contributed by atoms with Crippen LogP contribution in [0.3, 0.4) is 0 Å². The van der Waals surface area contributed by atoms with E-state index in [0.29, 0.717) is 18.1 Å². The number of nitrogens with zero attached hydrogens (tertiary/aromatic N) is 7. The minimum Gasteiger partial charge on any atom is -0.481 e. The van der Waals surface area contributed by atoms with Gasteiger partial charge in [-0.25, -0.2) is 9.67 Å². The molecule has 18 heteroatoms. The maximum absolute atomic E-state index is 13.0. The number of thiazole rings is 1. The van der Waals surface area contributed by atoms with Crippen molar-refractivity contribution in [3.05, 3.63) is 23.7 Å².